The van der Waals surface area contributed by atoms with Crippen molar-refractivity contribution in [2.45, 2.75) is 89.3 Å². The van der Waals surface area contributed by atoms with Crippen molar-refractivity contribution in [3.63, 3.8) is 0 Å². The van der Waals surface area contributed by atoms with Crippen LogP contribution in [-0.4, -0.2) is 71.9 Å². The number of aromatic hydroxyl groups is 1. The van der Waals surface area contributed by atoms with E-state index in [1.165, 1.54) is 51.0 Å². The van der Waals surface area contributed by atoms with Gasteiger partial charge in [0.15, 0.2) is 0 Å². The van der Waals surface area contributed by atoms with Gasteiger partial charge < -0.3 is 25.6 Å². The van der Waals surface area contributed by atoms with E-state index in [-0.39, 0.29) is 23.3 Å². The van der Waals surface area contributed by atoms with Crippen LogP contribution in [0.1, 0.15) is 86.6 Å². The number of carbonyl (C=O) groups is 2. The van der Waals surface area contributed by atoms with Gasteiger partial charge in [-0.15, -0.1) is 0 Å². The zero-order chi connectivity index (χ0) is 24.9. The number of nitrogens with zero attached hydrogens (tertiary/aromatic N) is 1. The first-order valence-corrected chi connectivity index (χ1v) is 13.4. The maximum absolute atomic E-state index is 12.9. The van der Waals surface area contributed by atoms with Gasteiger partial charge in [0.1, 0.15) is 11.8 Å². The standard InChI is InChI=1S/C27H43N3O5/c31-20-25(27(34)28-23-10-8-6-4-2-1-3-5-7-9-11-23)29-26(33)22-16-21(17-24(32)18-22)19-30-12-14-35-15-13-30/h16-18,23,25,31-32H,1-15,19-20H2,(H,28,34)(H,29,33). The van der Waals surface area contributed by atoms with Crippen LogP contribution < -0.4 is 10.6 Å². The van der Waals surface area contributed by atoms with E-state index in [0.717, 1.165) is 44.3 Å². The minimum Gasteiger partial charge on any atom is -0.508 e. The lowest BCUT2D eigenvalue weighted by Crippen LogP contribution is -2.51. The Morgan fingerprint density at radius 2 is 1.54 bits per heavy atom. The molecule has 0 radical (unpaired) electrons. The molecule has 8 nitrogen and oxygen atoms in total. The SMILES string of the molecule is O=C(NC(CO)C(=O)NC1CCCCCCCCCCC1)c1cc(O)cc(CN2CCOCC2)c1. The van der Waals surface area contributed by atoms with E-state index in [1.54, 1.807) is 12.1 Å². The molecule has 2 amide bonds. The van der Waals surface area contributed by atoms with Crippen LogP contribution in [-0.2, 0) is 16.1 Å². The number of amides is 2. The Hall–Kier alpha value is -2.16. The lowest BCUT2D eigenvalue weighted by atomic mass is 9.97. The molecule has 1 heterocycles. The number of morpholine rings is 1. The third-order valence-corrected chi connectivity index (χ3v) is 7.01. The number of aliphatic hydroxyl groups excluding tert-OH is 1. The molecule has 1 unspecified atom stereocenters. The van der Waals surface area contributed by atoms with Gasteiger partial charge in [-0.2, -0.15) is 0 Å². The Bertz CT molecular complexity index is 785. The van der Waals surface area contributed by atoms with E-state index in [4.69, 9.17) is 4.74 Å². The number of phenolic OH excluding ortho intramolecular Hbond substituents is 1. The Morgan fingerprint density at radius 1 is 0.943 bits per heavy atom. The molecule has 0 aromatic heterocycles. The summed E-state index contributed by atoms with van der Waals surface area (Å²) in [6.07, 6.45) is 12.8. The van der Waals surface area contributed by atoms with Crippen LogP contribution in [0.4, 0.5) is 0 Å². The summed E-state index contributed by atoms with van der Waals surface area (Å²) in [5, 5.41) is 25.7. The molecule has 2 fully saturated rings. The fourth-order valence-electron chi connectivity index (χ4n) is 4.96. The highest BCUT2D eigenvalue weighted by Gasteiger charge is 2.24. The highest BCUT2D eigenvalue weighted by atomic mass is 16.5. The first kappa shape index (κ1) is 27.4. The molecular formula is C27H43N3O5. The largest absolute Gasteiger partial charge is 0.508 e. The molecule has 1 atom stereocenters. The summed E-state index contributed by atoms with van der Waals surface area (Å²) in [7, 11) is 0. The third-order valence-electron chi connectivity index (χ3n) is 7.01. The molecule has 1 aliphatic heterocycles. The van der Waals surface area contributed by atoms with E-state index >= 15 is 0 Å². The molecule has 196 valence electrons. The molecular weight excluding hydrogens is 446 g/mol. The van der Waals surface area contributed by atoms with E-state index in [1.807, 2.05) is 0 Å². The number of nitrogens with one attached hydrogen (secondary N) is 2. The lowest BCUT2D eigenvalue weighted by molar-refractivity contribution is -0.124. The topological polar surface area (TPSA) is 111 Å². The Kier molecular flexibility index (Phi) is 11.8. The molecule has 4 N–H and O–H groups in total. The molecule has 2 aliphatic rings. The summed E-state index contributed by atoms with van der Waals surface area (Å²) >= 11 is 0. The van der Waals surface area contributed by atoms with Gasteiger partial charge in [-0.25, -0.2) is 0 Å². The normalized spacial score (nSPS) is 20.3. The summed E-state index contributed by atoms with van der Waals surface area (Å²) in [5.74, 6) is -0.845. The third kappa shape index (κ3) is 9.78. The summed E-state index contributed by atoms with van der Waals surface area (Å²) in [4.78, 5) is 28.0. The highest BCUT2D eigenvalue weighted by molar-refractivity contribution is 5.98. The molecule has 3 rings (SSSR count). The Balaban J connectivity index is 1.56. The Morgan fingerprint density at radius 3 is 2.14 bits per heavy atom. The predicted molar refractivity (Wildman–Crippen MR) is 135 cm³/mol. The zero-order valence-electron chi connectivity index (χ0n) is 21.0. The maximum atomic E-state index is 12.9. The van der Waals surface area contributed by atoms with Crippen molar-refractivity contribution >= 4 is 11.8 Å². The molecule has 1 aromatic rings. The fourth-order valence-corrected chi connectivity index (χ4v) is 4.96. The van der Waals surface area contributed by atoms with E-state index in [2.05, 4.69) is 15.5 Å². The van der Waals surface area contributed by atoms with E-state index in [9.17, 15) is 19.8 Å². The molecule has 0 bridgehead atoms. The van der Waals surface area contributed by atoms with Crippen molar-refractivity contribution in [2.75, 3.05) is 32.9 Å². The first-order valence-electron chi connectivity index (χ1n) is 13.4. The molecule has 1 saturated heterocycles. The van der Waals surface area contributed by atoms with Crippen LogP contribution in [0.25, 0.3) is 0 Å². The molecule has 1 saturated carbocycles. The van der Waals surface area contributed by atoms with Gasteiger partial charge in [0, 0.05) is 31.2 Å². The van der Waals surface area contributed by atoms with Crippen molar-refractivity contribution in [1.29, 1.82) is 0 Å². The predicted octanol–water partition coefficient (Wildman–Crippen LogP) is 3.10. The quantitative estimate of drug-likeness (QED) is 0.468. The summed E-state index contributed by atoms with van der Waals surface area (Å²) in [5.41, 5.74) is 1.08. The average molecular weight is 490 g/mol. The zero-order valence-corrected chi connectivity index (χ0v) is 21.0. The maximum Gasteiger partial charge on any atom is 0.252 e. The van der Waals surface area contributed by atoms with Crippen LogP contribution in [0.5, 0.6) is 5.75 Å². The van der Waals surface area contributed by atoms with Crippen LogP contribution in [0.15, 0.2) is 18.2 Å². The van der Waals surface area contributed by atoms with Crippen LogP contribution in [0.3, 0.4) is 0 Å². The van der Waals surface area contributed by atoms with Crippen LogP contribution >= 0.6 is 0 Å². The van der Waals surface area contributed by atoms with Crippen LogP contribution in [0.2, 0.25) is 0 Å². The number of aliphatic hydroxyl groups is 1. The molecule has 35 heavy (non-hydrogen) atoms. The van der Waals surface area contributed by atoms with Crippen molar-refractivity contribution < 1.29 is 24.5 Å². The first-order chi connectivity index (χ1) is 17.0. The van der Waals surface area contributed by atoms with Gasteiger partial charge in [-0.3, -0.25) is 14.5 Å². The second-order valence-electron chi connectivity index (χ2n) is 9.95. The number of rotatable bonds is 7. The summed E-state index contributed by atoms with van der Waals surface area (Å²) < 4.78 is 5.37. The van der Waals surface area contributed by atoms with Crippen molar-refractivity contribution in [1.82, 2.24) is 15.5 Å². The number of phenols is 1. The monoisotopic (exact) mass is 489 g/mol. The van der Waals surface area contributed by atoms with Crippen LogP contribution in [0, 0.1) is 0 Å². The van der Waals surface area contributed by atoms with Gasteiger partial charge in [0.05, 0.1) is 19.8 Å². The second kappa shape index (κ2) is 15.1. The van der Waals surface area contributed by atoms with Crippen molar-refractivity contribution in [3.05, 3.63) is 29.3 Å². The average Bonchev–Trinajstić information content (AvgIpc) is 2.84. The second-order valence-corrected chi connectivity index (χ2v) is 9.95. The number of carbonyl (C=O) groups excluding carboxylic acids is 2. The number of hydrogen-bond acceptors (Lipinski definition) is 6. The number of benzene rings is 1. The highest BCUT2D eigenvalue weighted by Crippen LogP contribution is 2.19. The minimum atomic E-state index is -1.03. The lowest BCUT2D eigenvalue weighted by Gasteiger charge is -2.26. The molecule has 8 heteroatoms. The van der Waals surface area contributed by atoms with E-state index in [0.29, 0.717) is 19.8 Å². The van der Waals surface area contributed by atoms with Gasteiger partial charge >= 0.3 is 0 Å². The van der Waals surface area contributed by atoms with Crippen molar-refractivity contribution in [2.24, 2.45) is 0 Å². The van der Waals surface area contributed by atoms with Gasteiger partial charge in [-0.1, -0.05) is 57.8 Å². The van der Waals surface area contributed by atoms with Gasteiger partial charge in [-0.05, 0) is 36.6 Å². The summed E-state index contributed by atoms with van der Waals surface area (Å²) in [6, 6.07) is 3.79. The smallest absolute Gasteiger partial charge is 0.252 e. The van der Waals surface area contributed by atoms with Crippen molar-refractivity contribution in [3.8, 4) is 5.75 Å². The number of hydrogen-bond donors (Lipinski definition) is 4. The number of ether oxygens (including phenoxy) is 1. The van der Waals surface area contributed by atoms with E-state index < -0.39 is 18.6 Å². The molecule has 1 aromatic carbocycles. The summed E-state index contributed by atoms with van der Waals surface area (Å²) in [6.45, 7) is 3.05. The molecule has 1 aliphatic carbocycles. The fraction of sp³-hybridized carbons (Fsp3) is 0.704. The van der Waals surface area contributed by atoms with Gasteiger partial charge in [0.2, 0.25) is 5.91 Å². The Labute approximate surface area is 209 Å². The molecule has 0 spiro atoms. The minimum absolute atomic E-state index is 0.000804. The van der Waals surface area contributed by atoms with Gasteiger partial charge in [0.25, 0.3) is 5.91 Å².